The highest BCUT2D eigenvalue weighted by molar-refractivity contribution is 6.40. The molecule has 2 aromatic carbocycles. The van der Waals surface area contributed by atoms with E-state index in [9.17, 15) is 14.9 Å². The van der Waals surface area contributed by atoms with E-state index in [0.717, 1.165) is 0 Å². The van der Waals surface area contributed by atoms with Crippen LogP contribution in [0.3, 0.4) is 0 Å². The minimum Gasteiger partial charge on any atom is -0.323 e. The van der Waals surface area contributed by atoms with Crippen molar-refractivity contribution < 1.29 is 14.7 Å². The molecule has 0 saturated carbocycles. The minimum atomic E-state index is -0.898. The van der Waals surface area contributed by atoms with Crippen LogP contribution in [0.5, 0.6) is 0 Å². The molecule has 3 rings (SSSR count). The Hall–Kier alpha value is -2.84. The lowest BCUT2D eigenvalue weighted by Gasteiger charge is -2.21. The SMILES string of the molecule is O=C(c1ccccc1CO[N+](=O)[O-])N1CCN=C1Nc1c(Cl)cccc1Cl. The molecule has 10 heteroatoms. The first-order chi connectivity index (χ1) is 13.0. The molecular weight excluding hydrogens is 395 g/mol. The van der Waals surface area contributed by atoms with Gasteiger partial charge in [0.2, 0.25) is 5.96 Å². The molecule has 1 heterocycles. The van der Waals surface area contributed by atoms with Crippen LogP contribution in [-0.2, 0) is 11.4 Å². The number of para-hydroxylation sites is 1. The second-order valence-electron chi connectivity index (χ2n) is 5.54. The number of nitrogens with one attached hydrogen (secondary N) is 1. The largest absolute Gasteiger partial charge is 0.323 e. The molecule has 0 aromatic heterocycles. The summed E-state index contributed by atoms with van der Waals surface area (Å²) in [6.45, 7) is 0.441. The Morgan fingerprint density at radius 2 is 1.93 bits per heavy atom. The van der Waals surface area contributed by atoms with Gasteiger partial charge in [-0.1, -0.05) is 47.5 Å². The molecule has 0 radical (unpaired) electrons. The van der Waals surface area contributed by atoms with Gasteiger partial charge < -0.3 is 10.2 Å². The van der Waals surface area contributed by atoms with Gasteiger partial charge in [-0.15, -0.1) is 10.1 Å². The normalized spacial score (nSPS) is 13.3. The lowest BCUT2D eigenvalue weighted by molar-refractivity contribution is -0.763. The van der Waals surface area contributed by atoms with E-state index in [-0.39, 0.29) is 12.5 Å². The van der Waals surface area contributed by atoms with Gasteiger partial charge >= 0.3 is 0 Å². The second-order valence-corrected chi connectivity index (χ2v) is 6.35. The highest BCUT2D eigenvalue weighted by Gasteiger charge is 2.27. The van der Waals surface area contributed by atoms with Crippen LogP contribution in [0.2, 0.25) is 10.0 Å². The maximum absolute atomic E-state index is 13.0. The first-order valence-electron chi connectivity index (χ1n) is 7.90. The number of carbonyl (C=O) groups is 1. The van der Waals surface area contributed by atoms with E-state index in [4.69, 9.17) is 23.2 Å². The summed E-state index contributed by atoms with van der Waals surface area (Å²) in [6, 6.07) is 11.6. The van der Waals surface area contributed by atoms with Gasteiger partial charge in [-0.3, -0.25) is 14.7 Å². The third-order valence-electron chi connectivity index (χ3n) is 3.86. The lowest BCUT2D eigenvalue weighted by Crippen LogP contribution is -2.39. The van der Waals surface area contributed by atoms with Crippen LogP contribution in [0.25, 0.3) is 0 Å². The van der Waals surface area contributed by atoms with E-state index >= 15 is 0 Å². The fourth-order valence-electron chi connectivity index (χ4n) is 2.60. The number of hydrogen-bond donors (Lipinski definition) is 1. The molecule has 1 aliphatic heterocycles. The topological polar surface area (TPSA) is 97.1 Å². The molecule has 0 fully saturated rings. The number of guanidine groups is 1. The van der Waals surface area contributed by atoms with Crippen molar-refractivity contribution in [2.24, 2.45) is 4.99 Å². The van der Waals surface area contributed by atoms with Crippen molar-refractivity contribution >= 4 is 40.8 Å². The molecule has 8 nitrogen and oxygen atoms in total. The number of benzene rings is 2. The molecular formula is C17H14Cl2N4O4. The van der Waals surface area contributed by atoms with E-state index in [0.29, 0.717) is 45.9 Å². The number of carbonyl (C=O) groups excluding carboxylic acids is 1. The zero-order valence-electron chi connectivity index (χ0n) is 13.9. The van der Waals surface area contributed by atoms with Gasteiger partial charge in [0.1, 0.15) is 6.61 Å². The van der Waals surface area contributed by atoms with Gasteiger partial charge in [0.25, 0.3) is 11.0 Å². The molecule has 1 aliphatic rings. The van der Waals surface area contributed by atoms with Crippen LogP contribution in [0.4, 0.5) is 5.69 Å². The smallest absolute Gasteiger partial charge is 0.294 e. The van der Waals surface area contributed by atoms with Crippen LogP contribution in [-0.4, -0.2) is 34.9 Å². The van der Waals surface area contributed by atoms with Gasteiger partial charge in [-0.2, -0.15) is 0 Å². The van der Waals surface area contributed by atoms with Crippen molar-refractivity contribution in [2.75, 3.05) is 18.4 Å². The van der Waals surface area contributed by atoms with E-state index in [1.807, 2.05) is 0 Å². The van der Waals surface area contributed by atoms with Crippen LogP contribution in [0, 0.1) is 10.1 Å². The van der Waals surface area contributed by atoms with Crippen molar-refractivity contribution in [3.63, 3.8) is 0 Å². The quantitative estimate of drug-likeness (QED) is 0.601. The average Bonchev–Trinajstić information content (AvgIpc) is 3.11. The van der Waals surface area contributed by atoms with Gasteiger partial charge in [0.15, 0.2) is 0 Å². The summed E-state index contributed by atoms with van der Waals surface area (Å²) in [5.41, 5.74) is 1.14. The minimum absolute atomic E-state index is 0.293. The van der Waals surface area contributed by atoms with Gasteiger partial charge in [-0.25, -0.2) is 0 Å². The molecule has 1 N–H and O–H groups in total. The number of aliphatic imine (C=N–C) groups is 1. The molecule has 140 valence electrons. The van der Waals surface area contributed by atoms with Crippen molar-refractivity contribution in [2.45, 2.75) is 6.61 Å². The molecule has 0 atom stereocenters. The first kappa shape index (κ1) is 18.9. The zero-order chi connectivity index (χ0) is 19.4. The Kier molecular flexibility index (Phi) is 5.78. The van der Waals surface area contributed by atoms with Crippen molar-refractivity contribution in [3.8, 4) is 0 Å². The Morgan fingerprint density at radius 3 is 2.63 bits per heavy atom. The molecule has 0 spiro atoms. The Bertz CT molecular complexity index is 899. The van der Waals surface area contributed by atoms with E-state index in [1.54, 1.807) is 42.5 Å². The summed E-state index contributed by atoms with van der Waals surface area (Å²) in [7, 11) is 0. The number of hydrogen-bond acceptors (Lipinski definition) is 6. The molecule has 0 unspecified atom stereocenters. The Labute approximate surface area is 164 Å². The standard InChI is InChI=1S/C17H14Cl2N4O4/c18-13-6-3-7-14(19)15(13)21-17-20-8-9-22(17)16(24)12-5-2-1-4-11(12)10-27-23(25)26/h1-7H,8-10H2,(H,20,21). The monoisotopic (exact) mass is 408 g/mol. The van der Waals surface area contributed by atoms with Crippen LogP contribution < -0.4 is 5.32 Å². The predicted molar refractivity (Wildman–Crippen MR) is 102 cm³/mol. The highest BCUT2D eigenvalue weighted by Crippen LogP contribution is 2.30. The molecule has 2 aromatic rings. The number of rotatable bonds is 5. The molecule has 1 amide bonds. The van der Waals surface area contributed by atoms with Crippen molar-refractivity contribution in [1.29, 1.82) is 0 Å². The number of halogens is 2. The summed E-state index contributed by atoms with van der Waals surface area (Å²) in [6.07, 6.45) is 0. The Balaban J connectivity index is 1.83. The molecule has 0 saturated heterocycles. The number of anilines is 1. The molecule has 0 aliphatic carbocycles. The molecule has 27 heavy (non-hydrogen) atoms. The van der Waals surface area contributed by atoms with E-state index < -0.39 is 5.09 Å². The summed E-state index contributed by atoms with van der Waals surface area (Å²) in [5.74, 6) is -0.0514. The Morgan fingerprint density at radius 1 is 1.22 bits per heavy atom. The third-order valence-corrected chi connectivity index (χ3v) is 4.49. The fourth-order valence-corrected chi connectivity index (χ4v) is 3.10. The average molecular weight is 409 g/mol. The molecule has 0 bridgehead atoms. The number of amides is 1. The van der Waals surface area contributed by atoms with Gasteiger partial charge in [0.05, 0.1) is 22.3 Å². The van der Waals surface area contributed by atoms with Crippen LogP contribution >= 0.6 is 23.2 Å². The van der Waals surface area contributed by atoms with Crippen molar-refractivity contribution in [1.82, 2.24) is 4.90 Å². The first-order valence-corrected chi connectivity index (χ1v) is 8.65. The van der Waals surface area contributed by atoms with Gasteiger partial charge in [-0.05, 0) is 23.8 Å². The zero-order valence-corrected chi connectivity index (χ0v) is 15.4. The summed E-state index contributed by atoms with van der Waals surface area (Å²) < 4.78 is 0. The van der Waals surface area contributed by atoms with E-state index in [1.165, 1.54) is 4.90 Å². The third kappa shape index (κ3) is 4.29. The summed E-state index contributed by atoms with van der Waals surface area (Å²) >= 11 is 12.3. The fraction of sp³-hybridized carbons (Fsp3) is 0.176. The lowest BCUT2D eigenvalue weighted by atomic mass is 10.1. The maximum atomic E-state index is 13.0. The number of nitrogens with zero attached hydrogens (tertiary/aromatic N) is 3. The summed E-state index contributed by atoms with van der Waals surface area (Å²) in [4.78, 5) is 33.6. The highest BCUT2D eigenvalue weighted by atomic mass is 35.5. The predicted octanol–water partition coefficient (Wildman–Crippen LogP) is 3.63. The van der Waals surface area contributed by atoms with Gasteiger partial charge in [0, 0.05) is 12.1 Å². The van der Waals surface area contributed by atoms with Crippen molar-refractivity contribution in [3.05, 3.63) is 73.8 Å². The van der Waals surface area contributed by atoms with Crippen LogP contribution in [0.15, 0.2) is 47.5 Å². The van der Waals surface area contributed by atoms with Crippen LogP contribution in [0.1, 0.15) is 15.9 Å². The second kappa shape index (κ2) is 8.24. The van der Waals surface area contributed by atoms with E-state index in [2.05, 4.69) is 15.1 Å². The maximum Gasteiger partial charge on any atom is 0.294 e. The summed E-state index contributed by atoms with van der Waals surface area (Å²) in [5, 5.41) is 13.4.